The second-order valence-corrected chi connectivity index (χ2v) is 10.0. The van der Waals surface area contributed by atoms with Gasteiger partial charge in [0.05, 0.1) is 5.75 Å². The molecule has 184 valence electrons. The quantitative estimate of drug-likeness (QED) is 0.324. The molecule has 0 aliphatic heterocycles. The molecule has 0 radical (unpaired) electrons. The van der Waals surface area contributed by atoms with Crippen molar-refractivity contribution in [1.29, 1.82) is 0 Å². The van der Waals surface area contributed by atoms with Crippen molar-refractivity contribution in [2.75, 3.05) is 12.3 Å². The monoisotopic (exact) mass is 508 g/mol. The lowest BCUT2D eigenvalue weighted by Crippen LogP contribution is -2.51. The van der Waals surface area contributed by atoms with Crippen LogP contribution >= 0.6 is 23.4 Å². The molecule has 0 spiro atoms. The summed E-state index contributed by atoms with van der Waals surface area (Å²) in [6, 6.07) is 25.0. The van der Waals surface area contributed by atoms with Crippen molar-refractivity contribution in [3.8, 4) is 0 Å². The van der Waals surface area contributed by atoms with Crippen LogP contribution in [0.3, 0.4) is 0 Å². The van der Waals surface area contributed by atoms with Gasteiger partial charge in [-0.15, -0.1) is 11.8 Å². The van der Waals surface area contributed by atoms with Crippen LogP contribution in [-0.4, -0.2) is 35.1 Å². The molecule has 1 N–H and O–H groups in total. The van der Waals surface area contributed by atoms with Gasteiger partial charge in [-0.25, -0.2) is 0 Å². The van der Waals surface area contributed by atoms with Crippen LogP contribution in [0.4, 0.5) is 0 Å². The van der Waals surface area contributed by atoms with E-state index in [0.29, 0.717) is 30.3 Å². The number of rotatable bonds is 12. The van der Waals surface area contributed by atoms with E-state index < -0.39 is 6.04 Å². The van der Waals surface area contributed by atoms with Crippen LogP contribution in [-0.2, 0) is 28.3 Å². The van der Waals surface area contributed by atoms with Gasteiger partial charge in [0.25, 0.3) is 0 Å². The second-order valence-electron chi connectivity index (χ2n) is 8.63. The minimum Gasteiger partial charge on any atom is -0.354 e. The van der Waals surface area contributed by atoms with Crippen molar-refractivity contribution in [3.05, 3.63) is 106 Å². The van der Waals surface area contributed by atoms with Gasteiger partial charge in [-0.3, -0.25) is 9.59 Å². The fourth-order valence-electron chi connectivity index (χ4n) is 3.78. The first-order valence-electron chi connectivity index (χ1n) is 11.9. The Morgan fingerprint density at radius 1 is 0.943 bits per heavy atom. The SMILES string of the molecule is CCCNC(=O)[C@H](Cc1ccccc1)N(Cc1cccc(Cl)c1)C(=O)CSCc1ccc(C)cc1. The molecule has 3 aromatic rings. The number of carbonyl (C=O) groups is 2. The summed E-state index contributed by atoms with van der Waals surface area (Å²) in [5, 5.41) is 3.62. The molecule has 4 nitrogen and oxygen atoms in total. The molecule has 0 fully saturated rings. The number of halogens is 1. The van der Waals surface area contributed by atoms with Crippen molar-refractivity contribution in [1.82, 2.24) is 10.2 Å². The van der Waals surface area contributed by atoms with Crippen molar-refractivity contribution in [2.24, 2.45) is 0 Å². The first-order chi connectivity index (χ1) is 17.0. The van der Waals surface area contributed by atoms with E-state index in [0.717, 1.165) is 23.3 Å². The van der Waals surface area contributed by atoms with Gasteiger partial charge in [0.15, 0.2) is 0 Å². The van der Waals surface area contributed by atoms with Gasteiger partial charge >= 0.3 is 0 Å². The highest BCUT2D eigenvalue weighted by Crippen LogP contribution is 2.20. The molecule has 0 saturated heterocycles. The molecule has 0 unspecified atom stereocenters. The number of hydrogen-bond donors (Lipinski definition) is 1. The molecule has 0 aromatic heterocycles. The number of hydrogen-bond acceptors (Lipinski definition) is 3. The molecule has 0 aliphatic carbocycles. The number of aryl methyl sites for hydroxylation is 1. The summed E-state index contributed by atoms with van der Waals surface area (Å²) >= 11 is 7.79. The number of thioether (sulfide) groups is 1. The Bertz CT molecular complexity index is 1090. The lowest BCUT2D eigenvalue weighted by Gasteiger charge is -2.31. The summed E-state index contributed by atoms with van der Waals surface area (Å²) in [5.41, 5.74) is 4.30. The van der Waals surface area contributed by atoms with Crippen molar-refractivity contribution >= 4 is 35.2 Å². The van der Waals surface area contributed by atoms with E-state index in [2.05, 4.69) is 36.5 Å². The summed E-state index contributed by atoms with van der Waals surface area (Å²) < 4.78 is 0. The van der Waals surface area contributed by atoms with Gasteiger partial charge in [-0.2, -0.15) is 0 Å². The zero-order valence-electron chi connectivity index (χ0n) is 20.4. The largest absolute Gasteiger partial charge is 0.354 e. The van der Waals surface area contributed by atoms with Crippen LogP contribution < -0.4 is 5.32 Å². The van der Waals surface area contributed by atoms with E-state index in [1.165, 1.54) is 11.1 Å². The minimum atomic E-state index is -0.615. The number of benzene rings is 3. The Hall–Kier alpha value is -2.76. The van der Waals surface area contributed by atoms with Crippen molar-refractivity contribution < 1.29 is 9.59 Å². The maximum Gasteiger partial charge on any atom is 0.243 e. The van der Waals surface area contributed by atoms with E-state index >= 15 is 0 Å². The third kappa shape index (κ3) is 8.75. The number of nitrogens with one attached hydrogen (secondary N) is 1. The molecule has 35 heavy (non-hydrogen) atoms. The molecule has 1 atom stereocenters. The highest BCUT2D eigenvalue weighted by Gasteiger charge is 2.30. The normalized spacial score (nSPS) is 11.6. The highest BCUT2D eigenvalue weighted by atomic mass is 35.5. The second kappa shape index (κ2) is 14.0. The Labute approximate surface area is 218 Å². The molecule has 6 heteroatoms. The summed E-state index contributed by atoms with van der Waals surface area (Å²) in [6.07, 6.45) is 1.28. The van der Waals surface area contributed by atoms with Crippen LogP contribution in [0.2, 0.25) is 5.02 Å². The van der Waals surface area contributed by atoms with E-state index in [-0.39, 0.29) is 11.8 Å². The third-order valence-corrected chi connectivity index (χ3v) is 6.90. The maximum absolute atomic E-state index is 13.6. The van der Waals surface area contributed by atoms with Crippen LogP contribution in [0.1, 0.15) is 35.6 Å². The summed E-state index contributed by atoms with van der Waals surface area (Å²) in [4.78, 5) is 28.6. The van der Waals surface area contributed by atoms with Crippen LogP contribution in [0.5, 0.6) is 0 Å². The van der Waals surface area contributed by atoms with Gasteiger partial charge < -0.3 is 10.2 Å². The van der Waals surface area contributed by atoms with Crippen molar-refractivity contribution in [2.45, 2.75) is 45.0 Å². The Kier molecular flexibility index (Phi) is 10.7. The summed E-state index contributed by atoms with van der Waals surface area (Å²) in [6.45, 7) is 4.97. The topological polar surface area (TPSA) is 49.4 Å². The third-order valence-electron chi connectivity index (χ3n) is 5.68. The molecular formula is C29H33ClN2O2S. The molecule has 3 rings (SSSR count). The predicted molar refractivity (Wildman–Crippen MR) is 147 cm³/mol. The Morgan fingerprint density at radius 3 is 2.34 bits per heavy atom. The average Bonchev–Trinajstić information content (AvgIpc) is 2.86. The zero-order valence-corrected chi connectivity index (χ0v) is 21.9. The summed E-state index contributed by atoms with van der Waals surface area (Å²) in [5.74, 6) is 0.840. The molecule has 0 saturated carbocycles. The molecule has 2 amide bonds. The van der Waals surface area contributed by atoms with Gasteiger partial charge in [-0.05, 0) is 42.2 Å². The number of nitrogens with zero attached hydrogens (tertiary/aromatic N) is 1. The Balaban J connectivity index is 1.82. The predicted octanol–water partition coefficient (Wildman–Crippen LogP) is 6.05. The molecule has 3 aromatic carbocycles. The number of carbonyl (C=O) groups excluding carboxylic acids is 2. The van der Waals surface area contributed by atoms with Gasteiger partial charge in [0.2, 0.25) is 11.8 Å². The van der Waals surface area contributed by atoms with E-state index in [1.54, 1.807) is 16.7 Å². The standard InChI is InChI=1S/C29H33ClN2O2S/c1-3-16-31-29(34)27(18-23-8-5-4-6-9-23)32(19-25-10-7-11-26(30)17-25)28(33)21-35-20-24-14-12-22(2)13-15-24/h4-15,17,27H,3,16,18-21H2,1-2H3,(H,31,34)/t27-/m0/s1. The van der Waals surface area contributed by atoms with Gasteiger partial charge in [-0.1, -0.05) is 90.8 Å². The van der Waals surface area contributed by atoms with Crippen LogP contribution in [0, 0.1) is 6.92 Å². The lowest BCUT2D eigenvalue weighted by atomic mass is 10.0. The summed E-state index contributed by atoms with van der Waals surface area (Å²) in [7, 11) is 0. The minimum absolute atomic E-state index is 0.0605. The molecular weight excluding hydrogens is 476 g/mol. The van der Waals surface area contributed by atoms with Crippen molar-refractivity contribution in [3.63, 3.8) is 0 Å². The van der Waals surface area contributed by atoms with Gasteiger partial charge in [0, 0.05) is 30.3 Å². The fraction of sp³-hybridized carbons (Fsp3) is 0.310. The maximum atomic E-state index is 13.6. The molecule has 0 bridgehead atoms. The fourth-order valence-corrected chi connectivity index (χ4v) is 4.86. The average molecular weight is 509 g/mol. The first kappa shape index (κ1) is 26.8. The Morgan fingerprint density at radius 2 is 1.66 bits per heavy atom. The molecule has 0 aliphatic rings. The first-order valence-corrected chi connectivity index (χ1v) is 13.5. The zero-order chi connectivity index (χ0) is 25.0. The van der Waals surface area contributed by atoms with E-state index in [1.807, 2.05) is 61.5 Å². The number of amides is 2. The highest BCUT2D eigenvalue weighted by molar-refractivity contribution is 7.99. The smallest absolute Gasteiger partial charge is 0.243 e. The van der Waals surface area contributed by atoms with E-state index in [9.17, 15) is 9.59 Å². The van der Waals surface area contributed by atoms with Crippen LogP contribution in [0.25, 0.3) is 0 Å². The van der Waals surface area contributed by atoms with Crippen LogP contribution in [0.15, 0.2) is 78.9 Å². The molecule has 0 heterocycles. The lowest BCUT2D eigenvalue weighted by molar-refractivity contribution is -0.139. The van der Waals surface area contributed by atoms with Gasteiger partial charge in [0.1, 0.15) is 6.04 Å². The van der Waals surface area contributed by atoms with E-state index in [4.69, 9.17) is 11.6 Å².